The van der Waals surface area contributed by atoms with Gasteiger partial charge in [-0.3, -0.25) is 4.52 Å². The molecule has 0 aliphatic rings. The lowest BCUT2D eigenvalue weighted by Crippen LogP contribution is -2.40. The predicted octanol–water partition coefficient (Wildman–Crippen LogP) is 2.19. The molecule has 0 amide bonds. The van der Waals surface area contributed by atoms with Crippen molar-refractivity contribution in [2.24, 2.45) is 0 Å². The number of benzene rings is 2. The molecule has 0 unspecified atom stereocenters. The van der Waals surface area contributed by atoms with E-state index in [1.165, 1.54) is 0 Å². The number of H-pyrrole nitrogens is 1. The molecular weight excluding hydrogens is 302 g/mol. The number of rotatable bonds is 5. The van der Waals surface area contributed by atoms with Gasteiger partial charge in [0.2, 0.25) is 5.69 Å². The molecule has 0 bridgehead atoms. The molecule has 3 aromatic rings. The summed E-state index contributed by atoms with van der Waals surface area (Å²) >= 11 is 6.11. The summed E-state index contributed by atoms with van der Waals surface area (Å²) in [5.74, 6) is 0. The second-order valence-electron chi connectivity index (χ2n) is 4.79. The van der Waals surface area contributed by atoms with Crippen LogP contribution in [0.4, 0.5) is 0 Å². The summed E-state index contributed by atoms with van der Waals surface area (Å²) in [4.78, 5) is 11.8. The van der Waals surface area contributed by atoms with Crippen LogP contribution in [-0.4, -0.2) is 5.27 Å². The Morgan fingerprint density at radius 3 is 2.55 bits per heavy atom. The summed E-state index contributed by atoms with van der Waals surface area (Å²) in [6, 6.07) is 17.1. The van der Waals surface area contributed by atoms with E-state index in [4.69, 9.17) is 16.1 Å². The van der Waals surface area contributed by atoms with Gasteiger partial charge in [0.25, 0.3) is 0 Å². The Balaban J connectivity index is 1.75. The fraction of sp³-hybridized carbons (Fsp3) is 0.125. The average Bonchev–Trinajstić information content (AvgIpc) is 2.91. The highest BCUT2D eigenvalue weighted by atomic mass is 35.5. The Bertz CT molecular complexity index is 812. The molecule has 0 aliphatic carbocycles. The first-order valence-electron chi connectivity index (χ1n) is 6.87. The monoisotopic (exact) mass is 316 g/mol. The highest BCUT2D eigenvalue weighted by molar-refractivity contribution is 6.31. The maximum Gasteiger partial charge on any atom is 0.431 e. The number of hydrogen-bond donors (Lipinski definition) is 2. The molecule has 0 spiro atoms. The third-order valence-electron chi connectivity index (χ3n) is 3.32. The number of nitrogens with one attached hydrogen (secondary N) is 2. The number of nitrogens with zero attached hydrogens (tertiary/aromatic N) is 1. The van der Waals surface area contributed by atoms with Gasteiger partial charge in [-0.2, -0.15) is 0 Å². The van der Waals surface area contributed by atoms with Crippen LogP contribution >= 0.6 is 11.6 Å². The molecule has 0 saturated heterocycles. The molecule has 0 saturated carbocycles. The molecule has 3 rings (SSSR count). The summed E-state index contributed by atoms with van der Waals surface area (Å²) in [5.41, 5.74) is 1.92. The molecule has 1 heterocycles. The number of para-hydroxylation sites is 1. The molecule has 22 heavy (non-hydrogen) atoms. The first-order valence-corrected chi connectivity index (χ1v) is 7.25. The van der Waals surface area contributed by atoms with Crippen LogP contribution in [0.15, 0.2) is 63.9 Å². The molecule has 2 aromatic carbocycles. The van der Waals surface area contributed by atoms with Crippen LogP contribution in [0.25, 0.3) is 5.69 Å². The second kappa shape index (κ2) is 6.60. The molecule has 0 atom stereocenters. The predicted molar refractivity (Wildman–Crippen MR) is 82.9 cm³/mol. The van der Waals surface area contributed by atoms with Gasteiger partial charge in [0, 0.05) is 23.7 Å². The number of halogens is 1. The van der Waals surface area contributed by atoms with Crippen molar-refractivity contribution in [2.75, 3.05) is 0 Å². The van der Waals surface area contributed by atoms with Crippen molar-refractivity contribution in [3.63, 3.8) is 0 Å². The molecular formula is C16H15ClN3O2+. The molecule has 2 N–H and O–H groups in total. The molecule has 0 fully saturated rings. The quantitative estimate of drug-likeness (QED) is 0.709. The number of hydrogen-bond acceptors (Lipinski definition) is 3. The van der Waals surface area contributed by atoms with Crippen molar-refractivity contribution in [2.45, 2.75) is 13.1 Å². The van der Waals surface area contributed by atoms with E-state index in [1.54, 1.807) is 4.68 Å². The fourth-order valence-electron chi connectivity index (χ4n) is 2.19. The van der Waals surface area contributed by atoms with E-state index >= 15 is 0 Å². The SMILES string of the molecule is O=c1o[nH][n+](-c2ccccc2)c1CNCc1ccccc1Cl. The van der Waals surface area contributed by atoms with E-state index in [0.29, 0.717) is 23.8 Å². The largest absolute Gasteiger partial charge is 0.431 e. The van der Waals surface area contributed by atoms with Crippen LogP contribution in [0.1, 0.15) is 11.3 Å². The molecule has 6 heteroatoms. The van der Waals surface area contributed by atoms with E-state index in [2.05, 4.69) is 10.6 Å². The topological polar surface area (TPSA) is 61.9 Å². The lowest BCUT2D eigenvalue weighted by Gasteiger charge is -2.03. The van der Waals surface area contributed by atoms with Gasteiger partial charge < -0.3 is 5.32 Å². The van der Waals surface area contributed by atoms with E-state index in [1.807, 2.05) is 54.6 Å². The van der Waals surface area contributed by atoms with E-state index in [-0.39, 0.29) is 0 Å². The first kappa shape index (κ1) is 14.6. The molecule has 1 aromatic heterocycles. The number of aromatic amines is 1. The van der Waals surface area contributed by atoms with Gasteiger partial charge >= 0.3 is 11.3 Å². The van der Waals surface area contributed by atoms with Gasteiger partial charge in [-0.25, -0.2) is 4.79 Å². The average molecular weight is 317 g/mol. The van der Waals surface area contributed by atoms with Crippen LogP contribution in [0.3, 0.4) is 0 Å². The van der Waals surface area contributed by atoms with Crippen LogP contribution in [0.5, 0.6) is 0 Å². The van der Waals surface area contributed by atoms with E-state index in [9.17, 15) is 4.79 Å². The summed E-state index contributed by atoms with van der Waals surface area (Å²) in [6.45, 7) is 0.936. The Labute approximate surface area is 132 Å². The maximum atomic E-state index is 11.8. The van der Waals surface area contributed by atoms with Crippen LogP contribution < -0.4 is 15.6 Å². The zero-order valence-electron chi connectivity index (χ0n) is 11.8. The van der Waals surface area contributed by atoms with Gasteiger partial charge in [-0.15, -0.1) is 0 Å². The van der Waals surface area contributed by atoms with Gasteiger partial charge in [-0.1, -0.05) is 48.0 Å². The molecule has 112 valence electrons. The summed E-state index contributed by atoms with van der Waals surface area (Å²) in [6.07, 6.45) is 0. The third-order valence-corrected chi connectivity index (χ3v) is 3.68. The lowest BCUT2D eigenvalue weighted by atomic mass is 10.2. The van der Waals surface area contributed by atoms with Crippen LogP contribution in [0.2, 0.25) is 5.02 Å². The van der Waals surface area contributed by atoms with Crippen molar-refractivity contribution in [1.29, 1.82) is 0 Å². The van der Waals surface area contributed by atoms with Crippen LogP contribution in [-0.2, 0) is 13.1 Å². The summed E-state index contributed by atoms with van der Waals surface area (Å²) in [5, 5.41) is 6.53. The minimum atomic E-state index is -0.393. The van der Waals surface area contributed by atoms with E-state index < -0.39 is 5.63 Å². The van der Waals surface area contributed by atoms with Crippen molar-refractivity contribution in [3.8, 4) is 5.69 Å². The van der Waals surface area contributed by atoms with Gasteiger partial charge in [-0.05, 0) is 21.6 Å². The maximum absolute atomic E-state index is 11.8. The zero-order chi connectivity index (χ0) is 15.4. The van der Waals surface area contributed by atoms with Gasteiger partial charge in [0.15, 0.2) is 0 Å². The van der Waals surface area contributed by atoms with Crippen LogP contribution in [0, 0.1) is 0 Å². The minimum Gasteiger partial charge on any atom is -0.303 e. The van der Waals surface area contributed by atoms with Crippen molar-refractivity contribution >= 4 is 11.6 Å². The molecule has 5 nitrogen and oxygen atoms in total. The van der Waals surface area contributed by atoms with Gasteiger partial charge in [0.1, 0.15) is 0 Å². The van der Waals surface area contributed by atoms with Crippen molar-refractivity contribution in [1.82, 2.24) is 10.6 Å². The van der Waals surface area contributed by atoms with Gasteiger partial charge in [0.05, 0.1) is 6.54 Å². The second-order valence-corrected chi connectivity index (χ2v) is 5.20. The minimum absolute atomic E-state index is 0.367. The Kier molecular flexibility index (Phi) is 4.37. The first-order chi connectivity index (χ1) is 10.8. The highest BCUT2D eigenvalue weighted by Crippen LogP contribution is 2.14. The Morgan fingerprint density at radius 2 is 1.77 bits per heavy atom. The molecule has 0 radical (unpaired) electrons. The summed E-state index contributed by atoms with van der Waals surface area (Å²) in [7, 11) is 0. The van der Waals surface area contributed by atoms with Crippen molar-refractivity contribution in [3.05, 3.63) is 81.3 Å². The fourth-order valence-corrected chi connectivity index (χ4v) is 2.39. The summed E-state index contributed by atoms with van der Waals surface area (Å²) < 4.78 is 6.52. The van der Waals surface area contributed by atoms with Crippen molar-refractivity contribution < 1.29 is 9.20 Å². The Hall–Kier alpha value is -2.37. The zero-order valence-corrected chi connectivity index (χ0v) is 12.5. The van der Waals surface area contributed by atoms with E-state index in [0.717, 1.165) is 11.3 Å². The number of aromatic nitrogens is 2. The molecule has 0 aliphatic heterocycles. The highest BCUT2D eigenvalue weighted by Gasteiger charge is 2.22. The normalized spacial score (nSPS) is 10.8. The lowest BCUT2D eigenvalue weighted by molar-refractivity contribution is -0.677. The third kappa shape index (κ3) is 3.10. The smallest absolute Gasteiger partial charge is 0.303 e. The standard InChI is InChI=1S/C16H14ClN3O2/c17-14-9-5-4-6-12(14)10-18-11-15-16(21)22-19-20(15)13-7-2-1-3-8-13/h1-9,18H,10-11H2/p+1. The Morgan fingerprint density at radius 1 is 1.05 bits per heavy atom.